The molecular formula is C50H43N. The molecule has 4 aromatic carbocycles. The number of benzene rings is 4. The molecule has 5 aliphatic carbocycles. The second kappa shape index (κ2) is 12.7. The summed E-state index contributed by atoms with van der Waals surface area (Å²) >= 11 is 0. The third kappa shape index (κ3) is 5.30. The van der Waals surface area contributed by atoms with Crippen LogP contribution in [0.2, 0.25) is 0 Å². The van der Waals surface area contributed by atoms with Crippen molar-refractivity contribution in [1.82, 2.24) is 4.57 Å². The molecule has 1 aromatic heterocycles. The monoisotopic (exact) mass is 657 g/mol. The van der Waals surface area contributed by atoms with Gasteiger partial charge in [0, 0.05) is 28.4 Å². The predicted molar refractivity (Wildman–Crippen MR) is 214 cm³/mol. The van der Waals surface area contributed by atoms with Gasteiger partial charge in [0.25, 0.3) is 0 Å². The Morgan fingerprint density at radius 2 is 1.37 bits per heavy atom. The summed E-state index contributed by atoms with van der Waals surface area (Å²) in [6, 6.07) is 38.7. The van der Waals surface area contributed by atoms with Crippen LogP contribution in [0.1, 0.15) is 71.5 Å². The number of para-hydroxylation sites is 1. The van der Waals surface area contributed by atoms with Gasteiger partial charge in [-0.05, 0) is 100 Å². The molecule has 0 saturated carbocycles. The molecule has 0 N–H and O–H groups in total. The molecule has 0 amide bonds. The number of hydrogen-bond acceptors (Lipinski definition) is 0. The fraction of sp³-hybridized carbons (Fsp3) is 0.200. The number of allylic oxidation sites excluding steroid dienone is 13. The molecular weight excluding hydrogens is 615 g/mol. The van der Waals surface area contributed by atoms with Gasteiger partial charge in [-0.2, -0.15) is 0 Å². The number of aromatic nitrogens is 1. The lowest BCUT2D eigenvalue weighted by Crippen LogP contribution is -2.29. The van der Waals surface area contributed by atoms with Crippen LogP contribution in [0.4, 0.5) is 0 Å². The van der Waals surface area contributed by atoms with Gasteiger partial charge in [0.1, 0.15) is 0 Å². The molecule has 10 rings (SSSR count). The van der Waals surface area contributed by atoms with E-state index in [-0.39, 0.29) is 6.04 Å². The van der Waals surface area contributed by atoms with Crippen molar-refractivity contribution < 1.29 is 0 Å². The summed E-state index contributed by atoms with van der Waals surface area (Å²) in [5, 5.41) is 1.41. The van der Waals surface area contributed by atoms with Crippen LogP contribution < -0.4 is 0 Å². The van der Waals surface area contributed by atoms with Gasteiger partial charge in [0.05, 0.1) is 6.04 Å². The van der Waals surface area contributed by atoms with E-state index in [2.05, 4.69) is 181 Å². The molecule has 0 spiro atoms. The quantitative estimate of drug-likeness (QED) is 0.177. The van der Waals surface area contributed by atoms with Crippen LogP contribution in [0, 0.1) is 17.8 Å². The molecule has 5 aromatic rings. The average molecular weight is 658 g/mol. The molecule has 6 atom stereocenters. The van der Waals surface area contributed by atoms with E-state index in [1.54, 1.807) is 5.56 Å². The lowest BCUT2D eigenvalue weighted by Gasteiger charge is -2.42. The maximum atomic E-state index is 2.64. The Morgan fingerprint density at radius 3 is 2.14 bits per heavy atom. The zero-order valence-electron chi connectivity index (χ0n) is 29.0. The fourth-order valence-electron chi connectivity index (χ4n) is 9.82. The minimum Gasteiger partial charge on any atom is -0.333 e. The van der Waals surface area contributed by atoms with Crippen molar-refractivity contribution in [2.24, 2.45) is 17.8 Å². The molecule has 248 valence electrons. The number of nitrogens with zero attached hydrogens (tertiary/aromatic N) is 1. The van der Waals surface area contributed by atoms with Crippen molar-refractivity contribution in [2.45, 2.75) is 43.6 Å². The van der Waals surface area contributed by atoms with E-state index in [1.807, 2.05) is 0 Å². The highest BCUT2D eigenvalue weighted by Gasteiger charge is 2.42. The summed E-state index contributed by atoms with van der Waals surface area (Å²) in [6.45, 7) is 0. The van der Waals surface area contributed by atoms with E-state index >= 15 is 0 Å². The Labute approximate surface area is 302 Å². The topological polar surface area (TPSA) is 4.93 Å². The first-order valence-electron chi connectivity index (χ1n) is 19.0. The van der Waals surface area contributed by atoms with Gasteiger partial charge in [0.2, 0.25) is 0 Å². The summed E-state index contributed by atoms with van der Waals surface area (Å²) < 4.78 is 2.64. The van der Waals surface area contributed by atoms with Crippen LogP contribution in [0.3, 0.4) is 0 Å². The van der Waals surface area contributed by atoms with Crippen molar-refractivity contribution in [3.63, 3.8) is 0 Å². The number of hydrogen-bond donors (Lipinski definition) is 0. The first kappa shape index (κ1) is 30.4. The van der Waals surface area contributed by atoms with Crippen LogP contribution in [0.5, 0.6) is 0 Å². The minimum atomic E-state index is 0.284. The average Bonchev–Trinajstić information content (AvgIpc) is 3.56. The van der Waals surface area contributed by atoms with Gasteiger partial charge < -0.3 is 4.57 Å². The maximum Gasteiger partial charge on any atom is 0.0560 e. The number of fused-ring (bicyclic) bond motifs is 7. The first-order chi connectivity index (χ1) is 25.3. The standard InChI is InChI=1S/C50H43N/c1-4-12-34(13-5-1)37-20-22-39(23-21-37)45-33-41-27-31-48-50(49(41)43-30-26-40(32-46(43)45)36-16-8-3-9-17-36)44-18-10-11-19-47(44)51(48)42-28-24-38(25-29-42)35-14-6-2-7-15-35/h1-12,14-22,24-28,30-32,34,39,41-42,45,49H,13,23,29,33H2/t34?,39-,41?,42?,45?,49?/m0/s1. The van der Waals surface area contributed by atoms with Crippen LogP contribution in [-0.2, 0) is 0 Å². The molecule has 0 fully saturated rings. The van der Waals surface area contributed by atoms with Crippen LogP contribution >= 0.6 is 0 Å². The Morgan fingerprint density at radius 1 is 0.569 bits per heavy atom. The summed E-state index contributed by atoms with van der Waals surface area (Å²) in [6.07, 6.45) is 33.3. The van der Waals surface area contributed by atoms with Gasteiger partial charge in [-0.15, -0.1) is 0 Å². The molecule has 51 heavy (non-hydrogen) atoms. The molecule has 0 aliphatic heterocycles. The Kier molecular flexibility index (Phi) is 7.60. The number of rotatable bonds is 5. The lowest BCUT2D eigenvalue weighted by molar-refractivity contribution is 0.366. The molecule has 0 bridgehead atoms. The second-order valence-electron chi connectivity index (χ2n) is 15.0. The maximum absolute atomic E-state index is 2.64. The zero-order chi connectivity index (χ0) is 33.7. The summed E-state index contributed by atoms with van der Waals surface area (Å²) in [7, 11) is 0. The highest BCUT2D eigenvalue weighted by molar-refractivity contribution is 5.91. The molecule has 5 aliphatic rings. The smallest absolute Gasteiger partial charge is 0.0560 e. The normalized spacial score (nSPS) is 26.0. The third-order valence-corrected chi connectivity index (χ3v) is 12.3. The predicted octanol–water partition coefficient (Wildman–Crippen LogP) is 12.8. The van der Waals surface area contributed by atoms with Gasteiger partial charge in [0.15, 0.2) is 0 Å². The van der Waals surface area contributed by atoms with Gasteiger partial charge in [-0.1, -0.05) is 164 Å². The summed E-state index contributed by atoms with van der Waals surface area (Å²) in [5.74, 6) is 2.29. The van der Waals surface area contributed by atoms with E-state index in [9.17, 15) is 0 Å². The van der Waals surface area contributed by atoms with Crippen LogP contribution in [0.25, 0.3) is 33.7 Å². The van der Waals surface area contributed by atoms with Crippen molar-refractivity contribution >= 4 is 22.6 Å². The summed E-state index contributed by atoms with van der Waals surface area (Å²) in [4.78, 5) is 0. The van der Waals surface area contributed by atoms with Gasteiger partial charge in [-0.3, -0.25) is 0 Å². The van der Waals surface area contributed by atoms with E-state index in [0.29, 0.717) is 29.6 Å². The van der Waals surface area contributed by atoms with Gasteiger partial charge >= 0.3 is 0 Å². The molecule has 5 unspecified atom stereocenters. The van der Waals surface area contributed by atoms with Gasteiger partial charge in [-0.25, -0.2) is 0 Å². The Hall–Kier alpha value is -5.40. The molecule has 1 heterocycles. The van der Waals surface area contributed by atoms with E-state index in [1.165, 1.54) is 62.0 Å². The third-order valence-electron chi connectivity index (χ3n) is 12.3. The van der Waals surface area contributed by atoms with Crippen LogP contribution in [-0.4, -0.2) is 4.57 Å². The molecule has 0 radical (unpaired) electrons. The highest BCUT2D eigenvalue weighted by atomic mass is 15.0. The van der Waals surface area contributed by atoms with E-state index < -0.39 is 0 Å². The van der Waals surface area contributed by atoms with Crippen molar-refractivity contribution in [3.8, 4) is 11.1 Å². The Balaban J connectivity index is 1.06. The molecule has 0 saturated heterocycles. The van der Waals surface area contributed by atoms with E-state index in [4.69, 9.17) is 0 Å². The largest absolute Gasteiger partial charge is 0.333 e. The fourth-order valence-corrected chi connectivity index (χ4v) is 9.82. The van der Waals surface area contributed by atoms with Crippen LogP contribution in [0.15, 0.2) is 176 Å². The zero-order valence-corrected chi connectivity index (χ0v) is 29.0. The highest BCUT2D eigenvalue weighted by Crippen LogP contribution is 2.56. The molecule has 1 heteroatoms. The second-order valence-corrected chi connectivity index (χ2v) is 15.0. The first-order valence-corrected chi connectivity index (χ1v) is 19.0. The Bertz CT molecular complexity index is 2340. The summed E-state index contributed by atoms with van der Waals surface area (Å²) in [5.41, 5.74) is 14.1. The van der Waals surface area contributed by atoms with E-state index in [0.717, 1.165) is 19.3 Å². The van der Waals surface area contributed by atoms with Crippen molar-refractivity contribution in [2.75, 3.05) is 0 Å². The van der Waals surface area contributed by atoms with Crippen molar-refractivity contribution in [3.05, 3.63) is 203 Å². The van der Waals surface area contributed by atoms with Crippen molar-refractivity contribution in [1.29, 1.82) is 0 Å². The molecule has 1 nitrogen and oxygen atoms in total. The SMILES string of the molecule is C1=CCC(C2=CC[C@@H](C3CC4C=Cc5c(c6ccccc6n5C5C=CC(c6ccccc6)=CC5)C4c4ccc(-c5ccccc5)cc43)C=C2)C=C1. The minimum absolute atomic E-state index is 0.284. The lowest BCUT2D eigenvalue weighted by atomic mass is 9.62.